The summed E-state index contributed by atoms with van der Waals surface area (Å²) in [6.07, 6.45) is 0.249. The molecule has 4 nitrogen and oxygen atoms in total. The summed E-state index contributed by atoms with van der Waals surface area (Å²) in [6.45, 7) is 0. The number of anilines is 2. The second kappa shape index (κ2) is 12.3. The molecule has 0 aromatic heterocycles. The fourth-order valence-corrected chi connectivity index (χ4v) is 4.88. The van der Waals surface area contributed by atoms with Crippen molar-refractivity contribution in [2.24, 2.45) is 0 Å². The second-order valence-electron chi connectivity index (χ2n) is 7.90. The van der Waals surface area contributed by atoms with Crippen LogP contribution in [-0.2, 0) is 16.0 Å². The van der Waals surface area contributed by atoms with Crippen LogP contribution in [0.25, 0.3) is 0 Å². The third-order valence-corrected chi connectivity index (χ3v) is 7.45. The van der Waals surface area contributed by atoms with Gasteiger partial charge in [0.2, 0.25) is 11.8 Å². The number of hydrogen-bond acceptors (Lipinski definition) is 3. The van der Waals surface area contributed by atoms with Gasteiger partial charge in [0.25, 0.3) is 0 Å². The van der Waals surface area contributed by atoms with Crippen LogP contribution in [0.5, 0.6) is 0 Å². The SMILES string of the molecule is O=C(Cc1ccc(Cl)cc1)Nc1ccc(SC(C(=O)Nc2ccc(Cl)c(Cl)c2)c2ccccc2)cc1. The van der Waals surface area contributed by atoms with E-state index in [2.05, 4.69) is 10.6 Å². The first kappa shape index (κ1) is 26.1. The molecule has 182 valence electrons. The second-order valence-corrected chi connectivity index (χ2v) is 10.3. The molecule has 0 radical (unpaired) electrons. The van der Waals surface area contributed by atoms with Crippen molar-refractivity contribution < 1.29 is 9.59 Å². The molecule has 36 heavy (non-hydrogen) atoms. The zero-order valence-electron chi connectivity index (χ0n) is 18.9. The first-order valence-corrected chi connectivity index (χ1v) is 13.0. The number of hydrogen-bond donors (Lipinski definition) is 2. The first-order valence-electron chi connectivity index (χ1n) is 11.0. The van der Waals surface area contributed by atoms with Crippen molar-refractivity contribution in [1.82, 2.24) is 0 Å². The van der Waals surface area contributed by atoms with Gasteiger partial charge < -0.3 is 10.6 Å². The number of benzene rings is 4. The molecule has 0 spiro atoms. The van der Waals surface area contributed by atoms with Gasteiger partial charge in [-0.2, -0.15) is 0 Å². The van der Waals surface area contributed by atoms with Gasteiger partial charge >= 0.3 is 0 Å². The van der Waals surface area contributed by atoms with Crippen LogP contribution in [0.1, 0.15) is 16.4 Å². The van der Waals surface area contributed by atoms with Gasteiger partial charge in [0, 0.05) is 21.3 Å². The van der Waals surface area contributed by atoms with E-state index in [0.29, 0.717) is 26.4 Å². The van der Waals surface area contributed by atoms with Crippen molar-refractivity contribution in [2.45, 2.75) is 16.6 Å². The molecular formula is C28H21Cl3N2O2S. The van der Waals surface area contributed by atoms with Crippen molar-refractivity contribution in [3.8, 4) is 0 Å². The van der Waals surface area contributed by atoms with E-state index >= 15 is 0 Å². The van der Waals surface area contributed by atoms with E-state index in [1.165, 1.54) is 11.8 Å². The van der Waals surface area contributed by atoms with Crippen molar-refractivity contribution in [2.75, 3.05) is 10.6 Å². The topological polar surface area (TPSA) is 58.2 Å². The third kappa shape index (κ3) is 7.28. The number of amides is 2. The Balaban J connectivity index is 1.44. The average molecular weight is 556 g/mol. The Hall–Kier alpha value is -2.96. The quantitative estimate of drug-likeness (QED) is 0.215. The molecule has 0 bridgehead atoms. The molecule has 2 N–H and O–H groups in total. The molecule has 8 heteroatoms. The Bertz CT molecular complexity index is 1350. The summed E-state index contributed by atoms with van der Waals surface area (Å²) in [6, 6.07) is 29.1. The van der Waals surface area contributed by atoms with Crippen LogP contribution in [0.3, 0.4) is 0 Å². The van der Waals surface area contributed by atoms with Gasteiger partial charge in [-0.05, 0) is 65.7 Å². The monoisotopic (exact) mass is 554 g/mol. The summed E-state index contributed by atoms with van der Waals surface area (Å²) in [7, 11) is 0. The summed E-state index contributed by atoms with van der Waals surface area (Å²) in [5.74, 6) is -0.314. The predicted octanol–water partition coefficient (Wildman–Crippen LogP) is 8.30. The maximum absolute atomic E-state index is 13.2. The van der Waals surface area contributed by atoms with Crippen LogP contribution in [0.2, 0.25) is 15.1 Å². The van der Waals surface area contributed by atoms with Gasteiger partial charge in [-0.15, -0.1) is 11.8 Å². The minimum absolute atomic E-state index is 0.124. The molecule has 0 saturated carbocycles. The maximum Gasteiger partial charge on any atom is 0.242 e. The van der Waals surface area contributed by atoms with Gasteiger partial charge in [-0.1, -0.05) is 77.3 Å². The molecule has 4 rings (SSSR count). The van der Waals surface area contributed by atoms with Crippen LogP contribution >= 0.6 is 46.6 Å². The van der Waals surface area contributed by atoms with Crippen molar-refractivity contribution in [1.29, 1.82) is 0 Å². The van der Waals surface area contributed by atoms with Crippen molar-refractivity contribution in [3.63, 3.8) is 0 Å². The molecule has 0 saturated heterocycles. The lowest BCUT2D eigenvalue weighted by molar-refractivity contribution is -0.116. The average Bonchev–Trinajstić information content (AvgIpc) is 2.87. The summed E-state index contributed by atoms with van der Waals surface area (Å²) < 4.78 is 0. The van der Waals surface area contributed by atoms with Crippen LogP contribution < -0.4 is 10.6 Å². The fraction of sp³-hybridized carbons (Fsp3) is 0.0714. The fourth-order valence-electron chi connectivity index (χ4n) is 3.43. The minimum Gasteiger partial charge on any atom is -0.326 e. The summed E-state index contributed by atoms with van der Waals surface area (Å²) >= 11 is 19.4. The number of carbonyl (C=O) groups excluding carboxylic acids is 2. The number of nitrogens with one attached hydrogen (secondary N) is 2. The van der Waals surface area contributed by atoms with Crippen LogP contribution in [0.4, 0.5) is 11.4 Å². The smallest absolute Gasteiger partial charge is 0.242 e. The number of carbonyl (C=O) groups is 2. The molecule has 1 unspecified atom stereocenters. The highest BCUT2D eigenvalue weighted by Crippen LogP contribution is 2.37. The minimum atomic E-state index is -0.508. The molecular weight excluding hydrogens is 535 g/mol. The molecule has 0 heterocycles. The lowest BCUT2D eigenvalue weighted by atomic mass is 10.1. The van der Waals surface area contributed by atoms with Crippen molar-refractivity contribution >= 4 is 69.8 Å². The van der Waals surface area contributed by atoms with E-state index in [1.807, 2.05) is 66.7 Å². The lowest BCUT2D eigenvalue weighted by Crippen LogP contribution is -2.19. The molecule has 4 aromatic rings. The standard InChI is InChI=1S/C28H21Cl3N2O2S/c29-20-8-6-18(7-9-20)16-26(34)32-21-10-13-23(14-11-21)36-27(19-4-2-1-3-5-19)28(35)33-22-12-15-24(30)25(31)17-22/h1-15,17,27H,16H2,(H,32,34)(H,33,35). The molecule has 2 amide bonds. The Kier molecular flexibility index (Phi) is 8.94. The third-order valence-electron chi connectivity index (χ3n) is 5.20. The summed E-state index contributed by atoms with van der Waals surface area (Å²) in [4.78, 5) is 26.5. The number of rotatable bonds is 8. The van der Waals surface area contributed by atoms with Crippen LogP contribution in [-0.4, -0.2) is 11.8 Å². The highest BCUT2D eigenvalue weighted by Gasteiger charge is 2.22. The molecule has 0 fully saturated rings. The van der Waals surface area contributed by atoms with Gasteiger partial charge in [0.1, 0.15) is 5.25 Å². The molecule has 1 atom stereocenters. The van der Waals surface area contributed by atoms with Gasteiger partial charge in [0.05, 0.1) is 16.5 Å². The zero-order chi connectivity index (χ0) is 25.5. The normalized spacial score (nSPS) is 11.5. The van der Waals surface area contributed by atoms with E-state index < -0.39 is 5.25 Å². The Morgan fingerprint density at radius 1 is 0.722 bits per heavy atom. The molecule has 0 aliphatic carbocycles. The molecule has 0 aliphatic heterocycles. The highest BCUT2D eigenvalue weighted by atomic mass is 35.5. The predicted molar refractivity (Wildman–Crippen MR) is 150 cm³/mol. The Morgan fingerprint density at radius 2 is 1.39 bits per heavy atom. The van der Waals surface area contributed by atoms with E-state index in [9.17, 15) is 9.59 Å². The molecule has 0 aliphatic rings. The summed E-state index contributed by atoms with van der Waals surface area (Å²) in [5, 5.41) is 6.73. The van der Waals surface area contributed by atoms with E-state index in [0.717, 1.165) is 16.0 Å². The van der Waals surface area contributed by atoms with E-state index in [1.54, 1.807) is 30.3 Å². The van der Waals surface area contributed by atoms with Gasteiger partial charge in [-0.3, -0.25) is 9.59 Å². The highest BCUT2D eigenvalue weighted by molar-refractivity contribution is 8.00. The summed E-state index contributed by atoms with van der Waals surface area (Å²) in [5.41, 5.74) is 2.98. The lowest BCUT2D eigenvalue weighted by Gasteiger charge is -2.18. The van der Waals surface area contributed by atoms with Gasteiger partial charge in [-0.25, -0.2) is 0 Å². The number of thioether (sulfide) groups is 1. The first-order chi connectivity index (χ1) is 17.4. The Morgan fingerprint density at radius 3 is 2.06 bits per heavy atom. The zero-order valence-corrected chi connectivity index (χ0v) is 22.0. The van der Waals surface area contributed by atoms with Crippen molar-refractivity contribution in [3.05, 3.63) is 123 Å². The van der Waals surface area contributed by atoms with Gasteiger partial charge in [0.15, 0.2) is 0 Å². The Labute approximate surface area is 229 Å². The number of halogens is 3. The van der Waals surface area contributed by atoms with Crippen LogP contribution in [0.15, 0.2) is 102 Å². The maximum atomic E-state index is 13.2. The van der Waals surface area contributed by atoms with E-state index in [4.69, 9.17) is 34.8 Å². The molecule has 4 aromatic carbocycles. The van der Waals surface area contributed by atoms with E-state index in [-0.39, 0.29) is 18.2 Å². The largest absolute Gasteiger partial charge is 0.326 e. The van der Waals surface area contributed by atoms with Crippen LogP contribution in [0, 0.1) is 0 Å².